The van der Waals surface area contributed by atoms with E-state index < -0.39 is 10.0 Å². The molecule has 0 atom stereocenters. The van der Waals surface area contributed by atoms with E-state index in [2.05, 4.69) is 10.0 Å². The molecule has 1 aliphatic rings. The highest BCUT2D eigenvalue weighted by atomic mass is 32.2. The van der Waals surface area contributed by atoms with Crippen LogP contribution in [0.15, 0.2) is 71.6 Å². The van der Waals surface area contributed by atoms with Gasteiger partial charge in [0.1, 0.15) is 10.6 Å². The fourth-order valence-corrected chi connectivity index (χ4v) is 4.96. The minimum Gasteiger partial charge on any atom is -0.495 e. The molecular weight excluding hydrogens is 452 g/mol. The normalized spacial score (nSPS) is 13.2. The van der Waals surface area contributed by atoms with Crippen LogP contribution in [0.1, 0.15) is 16.8 Å². The molecule has 0 aliphatic carbocycles. The Balaban J connectivity index is 1.64. The molecule has 4 N–H and O–H groups in total. The summed E-state index contributed by atoms with van der Waals surface area (Å²) in [7, 11) is -2.53. The summed E-state index contributed by atoms with van der Waals surface area (Å²) in [6.07, 6.45) is 1.02. The number of likely N-dealkylation sites (tertiary alicyclic amines) is 1. The van der Waals surface area contributed by atoms with Crippen molar-refractivity contribution in [2.75, 3.05) is 43.3 Å². The van der Waals surface area contributed by atoms with Crippen LogP contribution in [-0.4, -0.2) is 52.5 Å². The first-order chi connectivity index (χ1) is 16.4. The zero-order valence-corrected chi connectivity index (χ0v) is 19.8. The molecule has 0 bridgehead atoms. The fraction of sp³-hybridized carbons (Fsp3) is 0.240. The van der Waals surface area contributed by atoms with Crippen LogP contribution < -0.4 is 20.5 Å². The maximum Gasteiger partial charge on any atom is 0.265 e. The SMILES string of the molecule is COc1ccc(-c2cccc(C(=O)N3CCC3)c2)cc1S(=O)(=O)Nc1cccc(NCCN)c1. The molecule has 0 radical (unpaired) electrons. The standard InChI is InChI=1S/C25H28N4O4S/c1-33-23-10-9-19(18-5-2-6-20(15-18)25(30)29-13-4-14-29)16-24(23)34(31,32)28-22-8-3-7-21(17-22)27-12-11-26/h2-3,5-10,15-17,27-28H,4,11-14,26H2,1H3. The maximum absolute atomic E-state index is 13.3. The molecule has 0 spiro atoms. The summed E-state index contributed by atoms with van der Waals surface area (Å²) in [5, 5.41) is 3.13. The minimum atomic E-state index is -3.96. The average molecular weight is 481 g/mol. The van der Waals surface area contributed by atoms with Crippen LogP contribution in [0.2, 0.25) is 0 Å². The van der Waals surface area contributed by atoms with Crippen molar-refractivity contribution >= 4 is 27.3 Å². The van der Waals surface area contributed by atoms with E-state index in [0.29, 0.717) is 29.9 Å². The van der Waals surface area contributed by atoms with Crippen molar-refractivity contribution in [2.45, 2.75) is 11.3 Å². The van der Waals surface area contributed by atoms with Crippen molar-refractivity contribution in [1.29, 1.82) is 0 Å². The van der Waals surface area contributed by atoms with Crippen molar-refractivity contribution in [1.82, 2.24) is 4.90 Å². The summed E-state index contributed by atoms with van der Waals surface area (Å²) < 4.78 is 34.6. The van der Waals surface area contributed by atoms with Gasteiger partial charge in [0.25, 0.3) is 15.9 Å². The van der Waals surface area contributed by atoms with Crippen LogP contribution in [0.25, 0.3) is 11.1 Å². The number of amides is 1. The lowest BCUT2D eigenvalue weighted by Gasteiger charge is -2.31. The van der Waals surface area contributed by atoms with Crippen molar-refractivity contribution < 1.29 is 17.9 Å². The zero-order valence-electron chi connectivity index (χ0n) is 19.0. The molecule has 0 unspecified atom stereocenters. The summed E-state index contributed by atoms with van der Waals surface area (Å²) in [5.74, 6) is 0.209. The topological polar surface area (TPSA) is 114 Å². The first-order valence-corrected chi connectivity index (χ1v) is 12.5. The molecule has 1 aliphatic heterocycles. The third-order valence-electron chi connectivity index (χ3n) is 5.63. The van der Waals surface area contributed by atoms with Crippen LogP contribution in [0.4, 0.5) is 11.4 Å². The smallest absolute Gasteiger partial charge is 0.265 e. The van der Waals surface area contributed by atoms with E-state index in [1.165, 1.54) is 7.11 Å². The molecule has 1 heterocycles. The van der Waals surface area contributed by atoms with Gasteiger partial charge in [0.15, 0.2) is 0 Å². The number of carbonyl (C=O) groups excluding carboxylic acids is 1. The van der Waals surface area contributed by atoms with Gasteiger partial charge < -0.3 is 20.7 Å². The Morgan fingerprint density at radius 3 is 2.44 bits per heavy atom. The lowest BCUT2D eigenvalue weighted by molar-refractivity contribution is 0.0652. The predicted octanol–water partition coefficient (Wildman–Crippen LogP) is 3.38. The van der Waals surface area contributed by atoms with Gasteiger partial charge in [-0.05, 0) is 60.0 Å². The number of rotatable bonds is 9. The summed E-state index contributed by atoms with van der Waals surface area (Å²) in [6.45, 7) is 2.57. The van der Waals surface area contributed by atoms with Gasteiger partial charge in [0.2, 0.25) is 0 Å². The van der Waals surface area contributed by atoms with Crippen molar-refractivity contribution in [3.05, 3.63) is 72.3 Å². The van der Waals surface area contributed by atoms with Gasteiger partial charge >= 0.3 is 0 Å². The molecule has 3 aromatic rings. The van der Waals surface area contributed by atoms with Crippen LogP contribution in [0.3, 0.4) is 0 Å². The first kappa shape index (κ1) is 23.6. The molecule has 178 valence electrons. The summed E-state index contributed by atoms with van der Waals surface area (Å²) in [4.78, 5) is 14.4. The Morgan fingerprint density at radius 2 is 1.74 bits per heavy atom. The Hall–Kier alpha value is -3.56. The third-order valence-corrected chi connectivity index (χ3v) is 7.03. The number of nitrogens with zero attached hydrogens (tertiary/aromatic N) is 1. The second kappa shape index (κ2) is 10.1. The molecular formula is C25H28N4O4S. The van der Waals surface area contributed by atoms with Gasteiger partial charge in [-0.15, -0.1) is 0 Å². The molecule has 1 fully saturated rings. The third kappa shape index (κ3) is 5.16. The molecule has 3 aromatic carbocycles. The molecule has 9 heteroatoms. The molecule has 1 amide bonds. The highest BCUT2D eigenvalue weighted by molar-refractivity contribution is 7.92. The monoisotopic (exact) mass is 480 g/mol. The number of nitrogens with one attached hydrogen (secondary N) is 2. The number of hydrogen-bond donors (Lipinski definition) is 3. The van der Waals surface area contributed by atoms with Crippen LogP contribution in [0.5, 0.6) is 5.75 Å². The average Bonchev–Trinajstić information content (AvgIpc) is 2.81. The second-order valence-electron chi connectivity index (χ2n) is 7.99. The van der Waals surface area contributed by atoms with E-state index in [4.69, 9.17) is 10.5 Å². The van der Waals surface area contributed by atoms with E-state index in [1.807, 2.05) is 12.1 Å². The van der Waals surface area contributed by atoms with E-state index in [-0.39, 0.29) is 16.6 Å². The number of ether oxygens (including phenoxy) is 1. The number of nitrogens with two attached hydrogens (primary N) is 1. The lowest BCUT2D eigenvalue weighted by Crippen LogP contribution is -2.41. The number of carbonyl (C=O) groups is 1. The van der Waals surface area contributed by atoms with Crippen molar-refractivity contribution in [3.8, 4) is 16.9 Å². The first-order valence-electron chi connectivity index (χ1n) is 11.1. The Kier molecular flexibility index (Phi) is 7.04. The van der Waals surface area contributed by atoms with Crippen molar-refractivity contribution in [2.24, 2.45) is 5.73 Å². The molecule has 4 rings (SSSR count). The number of benzene rings is 3. The number of sulfonamides is 1. The predicted molar refractivity (Wildman–Crippen MR) is 134 cm³/mol. The van der Waals surface area contributed by atoms with Gasteiger partial charge in [0.05, 0.1) is 12.8 Å². The summed E-state index contributed by atoms with van der Waals surface area (Å²) >= 11 is 0. The fourth-order valence-electron chi connectivity index (χ4n) is 3.72. The highest BCUT2D eigenvalue weighted by Gasteiger charge is 2.23. The Labute approximate surface area is 199 Å². The molecule has 1 saturated heterocycles. The lowest BCUT2D eigenvalue weighted by atomic mass is 10.0. The summed E-state index contributed by atoms with van der Waals surface area (Å²) in [6, 6.07) is 19.1. The Bertz CT molecular complexity index is 1290. The summed E-state index contributed by atoms with van der Waals surface area (Å²) in [5.41, 5.74) is 8.69. The van der Waals surface area contributed by atoms with Gasteiger partial charge in [-0.3, -0.25) is 9.52 Å². The zero-order chi connectivity index (χ0) is 24.1. The molecule has 8 nitrogen and oxygen atoms in total. The quantitative estimate of drug-likeness (QED) is 0.433. The van der Waals surface area contributed by atoms with Crippen molar-refractivity contribution in [3.63, 3.8) is 0 Å². The highest BCUT2D eigenvalue weighted by Crippen LogP contribution is 2.32. The van der Waals surface area contributed by atoms with E-state index >= 15 is 0 Å². The Morgan fingerprint density at radius 1 is 1.00 bits per heavy atom. The molecule has 0 aromatic heterocycles. The number of methoxy groups -OCH3 is 1. The largest absolute Gasteiger partial charge is 0.495 e. The van der Waals surface area contributed by atoms with E-state index in [9.17, 15) is 13.2 Å². The second-order valence-corrected chi connectivity index (χ2v) is 9.64. The van der Waals surface area contributed by atoms with Crippen LogP contribution in [-0.2, 0) is 10.0 Å². The molecule has 0 saturated carbocycles. The molecule has 34 heavy (non-hydrogen) atoms. The van der Waals surface area contributed by atoms with Gasteiger partial charge in [-0.2, -0.15) is 0 Å². The van der Waals surface area contributed by atoms with E-state index in [1.54, 1.807) is 59.5 Å². The van der Waals surface area contributed by atoms with Crippen LogP contribution >= 0.6 is 0 Å². The van der Waals surface area contributed by atoms with Gasteiger partial charge in [0, 0.05) is 37.4 Å². The van der Waals surface area contributed by atoms with Crippen LogP contribution in [0, 0.1) is 0 Å². The minimum absolute atomic E-state index is 0.00675. The van der Waals surface area contributed by atoms with E-state index in [0.717, 1.165) is 30.8 Å². The number of hydrogen-bond acceptors (Lipinski definition) is 6. The van der Waals surface area contributed by atoms with Gasteiger partial charge in [-0.25, -0.2) is 8.42 Å². The number of anilines is 2. The van der Waals surface area contributed by atoms with Gasteiger partial charge in [-0.1, -0.05) is 24.3 Å². The maximum atomic E-state index is 13.3.